The van der Waals surface area contributed by atoms with Crippen molar-refractivity contribution in [3.63, 3.8) is 0 Å². The van der Waals surface area contributed by atoms with E-state index in [0.717, 1.165) is 5.56 Å². The smallest absolute Gasteiger partial charge is 0.271 e. The zero-order valence-corrected chi connectivity index (χ0v) is 15.1. The van der Waals surface area contributed by atoms with E-state index in [1.165, 1.54) is 12.3 Å². The Morgan fingerprint density at radius 1 is 0.929 bits per heavy atom. The first-order chi connectivity index (χ1) is 13.5. The van der Waals surface area contributed by atoms with Crippen molar-refractivity contribution in [1.82, 2.24) is 5.43 Å². The summed E-state index contributed by atoms with van der Waals surface area (Å²) in [4.78, 5) is 24.7. The first kappa shape index (κ1) is 19.0. The predicted molar refractivity (Wildman–Crippen MR) is 107 cm³/mol. The molecule has 140 valence electrons. The molecule has 0 bridgehead atoms. The van der Waals surface area contributed by atoms with Crippen LogP contribution in [0.1, 0.15) is 31.8 Å². The molecule has 0 fully saturated rings. The molecule has 28 heavy (non-hydrogen) atoms. The van der Waals surface area contributed by atoms with E-state index in [-0.39, 0.29) is 11.5 Å². The van der Waals surface area contributed by atoms with E-state index in [9.17, 15) is 14.0 Å². The fraction of sp³-hybridized carbons (Fsp3) is 0.0455. The SMILES string of the molecule is Cc1ccccc1C(=O)Nc1cccc(C(=O)N/N=C/c2ccccc2F)c1. The van der Waals surface area contributed by atoms with Gasteiger partial charge in [0.2, 0.25) is 0 Å². The van der Waals surface area contributed by atoms with Gasteiger partial charge in [0.1, 0.15) is 5.82 Å². The van der Waals surface area contributed by atoms with E-state index in [4.69, 9.17) is 0 Å². The van der Waals surface area contributed by atoms with Crippen molar-refractivity contribution in [2.24, 2.45) is 5.10 Å². The van der Waals surface area contributed by atoms with E-state index in [1.54, 1.807) is 54.6 Å². The summed E-state index contributed by atoms with van der Waals surface area (Å²) in [5.74, 6) is -1.16. The second-order valence-corrected chi connectivity index (χ2v) is 6.07. The number of hydrazone groups is 1. The minimum Gasteiger partial charge on any atom is -0.322 e. The zero-order chi connectivity index (χ0) is 19.9. The van der Waals surface area contributed by atoms with Crippen molar-refractivity contribution in [3.05, 3.63) is 101 Å². The van der Waals surface area contributed by atoms with Crippen molar-refractivity contribution in [2.45, 2.75) is 6.92 Å². The number of nitrogens with zero attached hydrogens (tertiary/aromatic N) is 1. The van der Waals surface area contributed by atoms with Crippen LogP contribution in [0.4, 0.5) is 10.1 Å². The normalized spacial score (nSPS) is 10.6. The number of hydrogen-bond acceptors (Lipinski definition) is 3. The summed E-state index contributed by atoms with van der Waals surface area (Å²) >= 11 is 0. The standard InChI is InChI=1S/C22H18FN3O2/c1-15-7-2-4-11-19(15)22(28)25-18-10-6-9-16(13-18)21(27)26-24-14-17-8-3-5-12-20(17)23/h2-14H,1H3,(H,25,28)(H,26,27)/b24-14+. The average molecular weight is 375 g/mol. The van der Waals surface area contributed by atoms with Gasteiger partial charge in [0, 0.05) is 22.4 Å². The summed E-state index contributed by atoms with van der Waals surface area (Å²) in [5.41, 5.74) is 4.83. The van der Waals surface area contributed by atoms with Crippen LogP contribution in [0.15, 0.2) is 77.9 Å². The molecule has 3 rings (SSSR count). The second-order valence-electron chi connectivity index (χ2n) is 6.07. The maximum absolute atomic E-state index is 13.5. The molecule has 0 unspecified atom stereocenters. The molecule has 6 heteroatoms. The van der Waals surface area contributed by atoms with Gasteiger partial charge in [0.25, 0.3) is 11.8 Å². The summed E-state index contributed by atoms with van der Waals surface area (Å²) in [7, 11) is 0. The Morgan fingerprint density at radius 3 is 2.46 bits per heavy atom. The first-order valence-electron chi connectivity index (χ1n) is 8.59. The highest BCUT2D eigenvalue weighted by molar-refractivity contribution is 6.06. The van der Waals surface area contributed by atoms with Crippen molar-refractivity contribution in [2.75, 3.05) is 5.32 Å². The number of nitrogens with one attached hydrogen (secondary N) is 2. The fourth-order valence-electron chi connectivity index (χ4n) is 2.57. The Kier molecular flexibility index (Phi) is 5.91. The Hall–Kier alpha value is -3.80. The molecule has 2 amide bonds. The lowest BCUT2D eigenvalue weighted by atomic mass is 10.1. The second kappa shape index (κ2) is 8.73. The van der Waals surface area contributed by atoms with E-state index >= 15 is 0 Å². The maximum Gasteiger partial charge on any atom is 0.271 e. The third kappa shape index (κ3) is 4.67. The number of carbonyl (C=O) groups is 2. The van der Waals surface area contributed by atoms with Crippen LogP contribution < -0.4 is 10.7 Å². The predicted octanol–water partition coefficient (Wildman–Crippen LogP) is 4.15. The molecule has 0 radical (unpaired) electrons. The lowest BCUT2D eigenvalue weighted by Crippen LogP contribution is -2.18. The minimum atomic E-state index is -0.473. The Morgan fingerprint density at radius 2 is 1.68 bits per heavy atom. The van der Waals surface area contributed by atoms with Gasteiger partial charge in [-0.1, -0.05) is 42.5 Å². The summed E-state index contributed by atoms with van der Waals surface area (Å²) in [5, 5.41) is 6.55. The Labute approximate surface area is 161 Å². The Balaban J connectivity index is 1.67. The minimum absolute atomic E-state index is 0.256. The van der Waals surface area contributed by atoms with Crippen molar-refractivity contribution in [3.8, 4) is 0 Å². The fourth-order valence-corrected chi connectivity index (χ4v) is 2.57. The number of aryl methyl sites for hydroxylation is 1. The molecule has 0 atom stereocenters. The van der Waals surface area contributed by atoms with E-state index in [1.807, 2.05) is 19.1 Å². The molecular formula is C22H18FN3O2. The molecule has 5 nitrogen and oxygen atoms in total. The summed E-state index contributed by atoms with van der Waals surface area (Å²) < 4.78 is 13.5. The van der Waals surface area contributed by atoms with Gasteiger partial charge < -0.3 is 5.32 Å². The molecule has 0 spiro atoms. The van der Waals surface area contributed by atoms with Gasteiger partial charge >= 0.3 is 0 Å². The zero-order valence-electron chi connectivity index (χ0n) is 15.1. The third-order valence-corrected chi connectivity index (χ3v) is 4.05. The van der Waals surface area contributed by atoms with Crippen molar-refractivity contribution >= 4 is 23.7 Å². The number of benzene rings is 3. The first-order valence-corrected chi connectivity index (χ1v) is 8.59. The van der Waals surface area contributed by atoms with Gasteiger partial charge in [-0.15, -0.1) is 0 Å². The van der Waals surface area contributed by atoms with Crippen molar-refractivity contribution in [1.29, 1.82) is 0 Å². The van der Waals surface area contributed by atoms with Crippen molar-refractivity contribution < 1.29 is 14.0 Å². The molecule has 0 saturated heterocycles. The molecule has 0 aliphatic carbocycles. The lowest BCUT2D eigenvalue weighted by Gasteiger charge is -2.08. The van der Waals surface area contributed by atoms with Crippen LogP contribution in [-0.4, -0.2) is 18.0 Å². The van der Waals surface area contributed by atoms with Crippen LogP contribution in [0.3, 0.4) is 0 Å². The van der Waals surface area contributed by atoms with Gasteiger partial charge in [-0.25, -0.2) is 9.82 Å². The molecule has 0 aliphatic heterocycles. The van der Waals surface area contributed by atoms with Crippen LogP contribution in [0.25, 0.3) is 0 Å². The van der Waals surface area contributed by atoms with Gasteiger partial charge in [0.15, 0.2) is 0 Å². The average Bonchev–Trinajstić information content (AvgIpc) is 2.70. The molecule has 0 heterocycles. The number of amides is 2. The highest BCUT2D eigenvalue weighted by Crippen LogP contribution is 2.14. The molecular weight excluding hydrogens is 357 g/mol. The summed E-state index contributed by atoms with van der Waals surface area (Å²) in [6, 6.07) is 19.8. The van der Waals surface area contributed by atoms with E-state index < -0.39 is 11.7 Å². The van der Waals surface area contributed by atoms with E-state index in [0.29, 0.717) is 16.8 Å². The number of hydrogen-bond donors (Lipinski definition) is 2. The lowest BCUT2D eigenvalue weighted by molar-refractivity contribution is 0.0953. The number of carbonyl (C=O) groups excluding carboxylic acids is 2. The highest BCUT2D eigenvalue weighted by atomic mass is 19.1. The number of halogens is 1. The molecule has 0 saturated carbocycles. The van der Waals surface area contributed by atoms with Crippen LogP contribution in [-0.2, 0) is 0 Å². The molecule has 3 aromatic carbocycles. The van der Waals surface area contributed by atoms with Crippen LogP contribution in [0, 0.1) is 12.7 Å². The molecule has 0 aromatic heterocycles. The third-order valence-electron chi connectivity index (χ3n) is 4.05. The van der Waals surface area contributed by atoms with Crippen LogP contribution in [0.2, 0.25) is 0 Å². The quantitative estimate of drug-likeness (QED) is 0.519. The van der Waals surface area contributed by atoms with Crippen LogP contribution in [0.5, 0.6) is 0 Å². The molecule has 0 aliphatic rings. The number of anilines is 1. The topological polar surface area (TPSA) is 70.6 Å². The van der Waals surface area contributed by atoms with Gasteiger partial charge in [-0.3, -0.25) is 9.59 Å². The van der Waals surface area contributed by atoms with Gasteiger partial charge in [-0.05, 0) is 42.8 Å². The van der Waals surface area contributed by atoms with Crippen LogP contribution >= 0.6 is 0 Å². The molecule has 3 aromatic rings. The maximum atomic E-state index is 13.5. The summed E-state index contributed by atoms with van der Waals surface area (Å²) in [6.45, 7) is 1.85. The van der Waals surface area contributed by atoms with E-state index in [2.05, 4.69) is 15.8 Å². The summed E-state index contributed by atoms with van der Waals surface area (Å²) in [6.07, 6.45) is 1.23. The van der Waals surface area contributed by atoms with Gasteiger partial charge in [0.05, 0.1) is 6.21 Å². The highest BCUT2D eigenvalue weighted by Gasteiger charge is 2.10. The monoisotopic (exact) mass is 375 g/mol. The number of rotatable bonds is 5. The molecule has 2 N–H and O–H groups in total. The Bertz CT molecular complexity index is 1050. The van der Waals surface area contributed by atoms with Gasteiger partial charge in [-0.2, -0.15) is 5.10 Å². The largest absolute Gasteiger partial charge is 0.322 e.